The van der Waals surface area contributed by atoms with Crippen molar-refractivity contribution in [1.82, 2.24) is 0 Å². The molecular formula is C7H12O4. The van der Waals surface area contributed by atoms with Crippen LogP contribution in [0.3, 0.4) is 0 Å². The van der Waals surface area contributed by atoms with E-state index >= 15 is 0 Å². The van der Waals surface area contributed by atoms with Crippen LogP contribution < -0.4 is 0 Å². The Labute approximate surface area is 65.2 Å². The number of carbonyl (C=O) groups excluding carboxylic acids is 2. The number of carbonyl (C=O) groups is 2. The normalized spacial score (nSPS) is 15.5. The highest BCUT2D eigenvalue weighted by Gasteiger charge is 2.15. The first-order valence-corrected chi connectivity index (χ1v) is 3.37. The molecule has 0 fully saturated rings. The minimum atomic E-state index is -0.558. The number of hydrogen-bond donors (Lipinski definition) is 1. The van der Waals surface area contributed by atoms with Crippen molar-refractivity contribution in [2.75, 3.05) is 13.2 Å². The van der Waals surface area contributed by atoms with E-state index in [0.29, 0.717) is 12.6 Å². The summed E-state index contributed by atoms with van der Waals surface area (Å²) >= 11 is 0. The second kappa shape index (κ2) is 6.00. The summed E-state index contributed by atoms with van der Waals surface area (Å²) in [6, 6.07) is 0. The third-order valence-corrected chi connectivity index (χ3v) is 1.36. The van der Waals surface area contributed by atoms with Crippen molar-refractivity contribution < 1.29 is 19.4 Å². The molecule has 11 heavy (non-hydrogen) atoms. The predicted molar refractivity (Wildman–Crippen MR) is 38.1 cm³/mol. The summed E-state index contributed by atoms with van der Waals surface area (Å²) in [5, 5.41) is 8.65. The fourth-order valence-electron chi connectivity index (χ4n) is 0.621. The Balaban J connectivity index is 3.73. The zero-order valence-electron chi connectivity index (χ0n) is 6.40. The van der Waals surface area contributed by atoms with E-state index < -0.39 is 6.10 Å². The van der Waals surface area contributed by atoms with Crippen LogP contribution in [0.2, 0.25) is 0 Å². The lowest BCUT2D eigenvalue weighted by atomic mass is 10.1. The fraction of sp³-hybridized carbons (Fsp3) is 0.714. The molecule has 1 N–H and O–H groups in total. The van der Waals surface area contributed by atoms with E-state index in [2.05, 4.69) is 0 Å². The van der Waals surface area contributed by atoms with Crippen molar-refractivity contribution >= 4 is 12.6 Å². The van der Waals surface area contributed by atoms with Crippen LogP contribution in [0, 0.1) is 5.92 Å². The van der Waals surface area contributed by atoms with Crippen LogP contribution in [0.4, 0.5) is 0 Å². The Kier molecular flexibility index (Phi) is 5.60. The Hall–Kier alpha value is -0.740. The van der Waals surface area contributed by atoms with Crippen molar-refractivity contribution in [2.24, 2.45) is 5.92 Å². The molecule has 0 rings (SSSR count). The monoisotopic (exact) mass is 160 g/mol. The van der Waals surface area contributed by atoms with Gasteiger partial charge in [-0.15, -0.1) is 0 Å². The van der Waals surface area contributed by atoms with Gasteiger partial charge in [-0.25, -0.2) is 0 Å². The molecule has 0 saturated carbocycles. The minimum absolute atomic E-state index is 0.0800. The molecule has 2 atom stereocenters. The molecule has 0 amide bonds. The SMILES string of the molecule is C[C@@H](C=O)C(CO)OCC=O. The van der Waals surface area contributed by atoms with E-state index in [1.807, 2.05) is 0 Å². The summed E-state index contributed by atoms with van der Waals surface area (Å²) < 4.78 is 4.84. The van der Waals surface area contributed by atoms with Crippen LogP contribution in [0.1, 0.15) is 6.92 Å². The molecule has 0 aliphatic rings. The Bertz CT molecular complexity index is 124. The maximum absolute atomic E-state index is 10.2. The fourth-order valence-corrected chi connectivity index (χ4v) is 0.621. The molecule has 0 aromatic carbocycles. The second-order valence-electron chi connectivity index (χ2n) is 2.22. The highest BCUT2D eigenvalue weighted by Crippen LogP contribution is 2.02. The quantitative estimate of drug-likeness (QED) is 0.527. The number of aliphatic hydroxyl groups excluding tert-OH is 1. The van der Waals surface area contributed by atoms with Crippen LogP contribution in [-0.2, 0) is 14.3 Å². The molecule has 1 unspecified atom stereocenters. The van der Waals surface area contributed by atoms with Crippen molar-refractivity contribution in [3.63, 3.8) is 0 Å². The van der Waals surface area contributed by atoms with Crippen LogP contribution in [0.5, 0.6) is 0 Å². The molecule has 0 heterocycles. The summed E-state index contributed by atoms with van der Waals surface area (Å²) in [6.45, 7) is 1.30. The van der Waals surface area contributed by atoms with E-state index in [1.165, 1.54) is 0 Å². The predicted octanol–water partition coefficient (Wildman–Crippen LogP) is -0.602. The lowest BCUT2D eigenvalue weighted by Crippen LogP contribution is -2.27. The van der Waals surface area contributed by atoms with Gasteiger partial charge in [0.2, 0.25) is 0 Å². The highest BCUT2D eigenvalue weighted by molar-refractivity contribution is 5.54. The smallest absolute Gasteiger partial charge is 0.145 e. The molecule has 0 aromatic rings. The molecule has 0 bridgehead atoms. The van der Waals surface area contributed by atoms with Crippen molar-refractivity contribution in [2.45, 2.75) is 13.0 Å². The number of rotatable bonds is 6. The van der Waals surface area contributed by atoms with Gasteiger partial charge in [0, 0.05) is 5.92 Å². The van der Waals surface area contributed by atoms with Crippen LogP contribution in [-0.4, -0.2) is 37.0 Å². The van der Waals surface area contributed by atoms with E-state index in [-0.39, 0.29) is 19.1 Å². The van der Waals surface area contributed by atoms with Crippen molar-refractivity contribution in [3.05, 3.63) is 0 Å². The molecule has 4 heteroatoms. The molecule has 0 aliphatic carbocycles. The standard InChI is InChI=1S/C7H12O4/c1-6(4-9)7(5-10)11-3-2-8/h2,4,6-7,10H,3,5H2,1H3/t6-,7?/m0/s1. The first-order valence-electron chi connectivity index (χ1n) is 3.37. The van der Waals surface area contributed by atoms with Gasteiger partial charge in [0.15, 0.2) is 0 Å². The third kappa shape index (κ3) is 3.85. The van der Waals surface area contributed by atoms with E-state index in [1.54, 1.807) is 6.92 Å². The maximum atomic E-state index is 10.2. The van der Waals surface area contributed by atoms with E-state index in [0.717, 1.165) is 0 Å². The molecule has 0 spiro atoms. The third-order valence-electron chi connectivity index (χ3n) is 1.36. The summed E-state index contributed by atoms with van der Waals surface area (Å²) in [5.41, 5.74) is 0. The molecule has 0 radical (unpaired) electrons. The van der Waals surface area contributed by atoms with Gasteiger partial charge in [-0.1, -0.05) is 6.92 Å². The molecular weight excluding hydrogens is 148 g/mol. The zero-order chi connectivity index (χ0) is 8.69. The lowest BCUT2D eigenvalue weighted by molar-refractivity contribution is -0.122. The highest BCUT2D eigenvalue weighted by atomic mass is 16.5. The zero-order valence-corrected chi connectivity index (χ0v) is 6.40. The van der Waals surface area contributed by atoms with Crippen LogP contribution >= 0.6 is 0 Å². The van der Waals surface area contributed by atoms with Gasteiger partial charge in [-0.05, 0) is 0 Å². The minimum Gasteiger partial charge on any atom is -0.394 e. The van der Waals surface area contributed by atoms with Gasteiger partial charge in [-0.3, -0.25) is 0 Å². The largest absolute Gasteiger partial charge is 0.394 e. The van der Waals surface area contributed by atoms with Gasteiger partial charge in [0.25, 0.3) is 0 Å². The molecule has 64 valence electrons. The van der Waals surface area contributed by atoms with E-state index in [4.69, 9.17) is 9.84 Å². The van der Waals surface area contributed by atoms with Crippen LogP contribution in [0.25, 0.3) is 0 Å². The molecule has 0 aliphatic heterocycles. The van der Waals surface area contributed by atoms with Gasteiger partial charge in [0.1, 0.15) is 19.2 Å². The Morgan fingerprint density at radius 2 is 2.18 bits per heavy atom. The van der Waals surface area contributed by atoms with Crippen LogP contribution in [0.15, 0.2) is 0 Å². The first kappa shape index (κ1) is 10.3. The number of aldehydes is 2. The molecule has 4 nitrogen and oxygen atoms in total. The topological polar surface area (TPSA) is 63.6 Å². The van der Waals surface area contributed by atoms with Gasteiger partial charge < -0.3 is 19.4 Å². The summed E-state index contributed by atoms with van der Waals surface area (Å²) in [7, 11) is 0. The summed E-state index contributed by atoms with van der Waals surface area (Å²) in [6.07, 6.45) is 0.712. The average Bonchev–Trinajstić information content (AvgIpc) is 2.05. The molecule has 0 aromatic heterocycles. The number of aliphatic hydroxyl groups is 1. The van der Waals surface area contributed by atoms with E-state index in [9.17, 15) is 9.59 Å². The number of ether oxygens (including phenoxy) is 1. The molecule has 0 saturated heterocycles. The first-order chi connectivity index (χ1) is 5.26. The Morgan fingerprint density at radius 3 is 2.55 bits per heavy atom. The van der Waals surface area contributed by atoms with Gasteiger partial charge in [-0.2, -0.15) is 0 Å². The average molecular weight is 160 g/mol. The maximum Gasteiger partial charge on any atom is 0.145 e. The number of hydrogen-bond acceptors (Lipinski definition) is 4. The summed E-state index contributed by atoms with van der Waals surface area (Å²) in [5.74, 6) is -0.375. The van der Waals surface area contributed by atoms with Crippen molar-refractivity contribution in [1.29, 1.82) is 0 Å². The summed E-state index contributed by atoms with van der Waals surface area (Å²) in [4.78, 5) is 20.0. The lowest BCUT2D eigenvalue weighted by Gasteiger charge is -2.15. The van der Waals surface area contributed by atoms with Crippen molar-refractivity contribution in [3.8, 4) is 0 Å². The Morgan fingerprint density at radius 1 is 1.55 bits per heavy atom. The van der Waals surface area contributed by atoms with Gasteiger partial charge in [0.05, 0.1) is 12.7 Å². The second-order valence-corrected chi connectivity index (χ2v) is 2.22. The van der Waals surface area contributed by atoms with Gasteiger partial charge >= 0.3 is 0 Å².